The number of rotatable bonds is 2. The van der Waals surface area contributed by atoms with Crippen LogP contribution in [-0.2, 0) is 0 Å². The number of aromatic nitrogens is 2. The van der Waals surface area contributed by atoms with E-state index < -0.39 is 0 Å². The molecule has 0 amide bonds. The van der Waals surface area contributed by atoms with Gasteiger partial charge in [-0.2, -0.15) is 0 Å². The lowest BCUT2D eigenvalue weighted by Crippen LogP contribution is -2.28. The van der Waals surface area contributed by atoms with Gasteiger partial charge in [0, 0.05) is 31.4 Å². The maximum absolute atomic E-state index is 6.00. The van der Waals surface area contributed by atoms with Crippen molar-refractivity contribution in [1.82, 2.24) is 9.97 Å². The fourth-order valence-corrected chi connectivity index (χ4v) is 3.13. The Labute approximate surface area is 111 Å². The summed E-state index contributed by atoms with van der Waals surface area (Å²) in [4.78, 5) is 11.3. The third kappa shape index (κ3) is 1.58. The second-order valence-electron chi connectivity index (χ2n) is 5.36. The fourth-order valence-electron chi connectivity index (χ4n) is 3.13. The highest BCUT2D eigenvalue weighted by Crippen LogP contribution is 2.46. The number of nitrogens with zero attached hydrogens (tertiary/aromatic N) is 3. The Morgan fingerprint density at radius 2 is 2.05 bits per heavy atom. The molecule has 0 unspecified atom stereocenters. The molecule has 0 bridgehead atoms. The van der Waals surface area contributed by atoms with Crippen molar-refractivity contribution in [3.63, 3.8) is 0 Å². The zero-order valence-corrected chi connectivity index (χ0v) is 10.8. The molecule has 2 aliphatic rings. The normalized spacial score (nSPS) is 28.5. The molecule has 2 N–H and O–H groups in total. The van der Waals surface area contributed by atoms with Gasteiger partial charge in [0.15, 0.2) is 0 Å². The number of methoxy groups -OCH3 is 1. The Morgan fingerprint density at radius 1 is 1.26 bits per heavy atom. The average Bonchev–Trinajstić information content (AvgIpc) is 2.90. The van der Waals surface area contributed by atoms with Crippen LogP contribution in [0.1, 0.15) is 0 Å². The summed E-state index contributed by atoms with van der Waals surface area (Å²) < 4.78 is 5.21. The summed E-state index contributed by atoms with van der Waals surface area (Å²) in [7, 11) is 1.63. The van der Waals surface area contributed by atoms with Gasteiger partial charge in [0.1, 0.15) is 5.52 Å². The van der Waals surface area contributed by atoms with E-state index in [1.54, 1.807) is 7.11 Å². The van der Waals surface area contributed by atoms with Crippen LogP contribution in [0.5, 0.6) is 5.88 Å². The maximum Gasteiger partial charge on any atom is 0.213 e. The molecule has 0 aromatic carbocycles. The van der Waals surface area contributed by atoms with Crippen LogP contribution in [0, 0.1) is 11.8 Å². The Morgan fingerprint density at radius 3 is 2.79 bits per heavy atom. The molecule has 2 fully saturated rings. The average molecular weight is 256 g/mol. The van der Waals surface area contributed by atoms with Gasteiger partial charge in [0.2, 0.25) is 5.88 Å². The van der Waals surface area contributed by atoms with Crippen LogP contribution in [0.3, 0.4) is 0 Å². The lowest BCUT2D eigenvalue weighted by Gasteiger charge is -2.22. The maximum atomic E-state index is 6.00. The van der Waals surface area contributed by atoms with Crippen LogP contribution in [0.4, 0.5) is 5.69 Å². The zero-order valence-electron chi connectivity index (χ0n) is 10.8. The van der Waals surface area contributed by atoms with Crippen molar-refractivity contribution in [2.75, 3.05) is 25.1 Å². The first kappa shape index (κ1) is 11.0. The van der Waals surface area contributed by atoms with Gasteiger partial charge in [0.25, 0.3) is 0 Å². The molecule has 5 heteroatoms. The predicted molar refractivity (Wildman–Crippen MR) is 73.3 cm³/mol. The van der Waals surface area contributed by atoms with E-state index in [0.717, 1.165) is 29.8 Å². The van der Waals surface area contributed by atoms with Gasteiger partial charge in [-0.05, 0) is 24.0 Å². The summed E-state index contributed by atoms with van der Waals surface area (Å²) in [5.41, 5.74) is 8.96. The van der Waals surface area contributed by atoms with Gasteiger partial charge in [-0.3, -0.25) is 4.98 Å². The molecule has 2 aromatic rings. The molecule has 1 aliphatic carbocycles. The first-order chi connectivity index (χ1) is 9.28. The molecule has 1 saturated carbocycles. The summed E-state index contributed by atoms with van der Waals surface area (Å²) in [5.74, 6) is 1.95. The lowest BCUT2D eigenvalue weighted by atomic mass is 10.2. The number of pyridine rings is 2. The van der Waals surface area contributed by atoms with Crippen LogP contribution in [0.15, 0.2) is 24.4 Å². The summed E-state index contributed by atoms with van der Waals surface area (Å²) in [6.45, 7) is 2.06. The van der Waals surface area contributed by atoms with Crippen molar-refractivity contribution in [2.24, 2.45) is 17.6 Å². The van der Waals surface area contributed by atoms with Crippen LogP contribution < -0.4 is 15.4 Å². The number of piperidine rings is 1. The van der Waals surface area contributed by atoms with E-state index in [-0.39, 0.29) is 0 Å². The van der Waals surface area contributed by atoms with Crippen molar-refractivity contribution in [3.8, 4) is 5.88 Å². The lowest BCUT2D eigenvalue weighted by molar-refractivity contribution is 0.399. The first-order valence-corrected chi connectivity index (χ1v) is 6.58. The number of nitrogens with two attached hydrogens (primary N) is 1. The van der Waals surface area contributed by atoms with E-state index in [2.05, 4.69) is 14.9 Å². The van der Waals surface area contributed by atoms with Crippen molar-refractivity contribution < 1.29 is 4.74 Å². The smallest absolute Gasteiger partial charge is 0.213 e. The molecule has 4 rings (SSSR count). The van der Waals surface area contributed by atoms with Gasteiger partial charge in [-0.15, -0.1) is 0 Å². The van der Waals surface area contributed by atoms with Gasteiger partial charge in [-0.1, -0.05) is 0 Å². The van der Waals surface area contributed by atoms with Gasteiger partial charge in [-0.25, -0.2) is 4.98 Å². The molecular weight excluding hydrogens is 240 g/mol. The molecule has 3 atom stereocenters. The van der Waals surface area contributed by atoms with Gasteiger partial charge in [0.05, 0.1) is 18.3 Å². The third-order valence-electron chi connectivity index (χ3n) is 4.35. The van der Waals surface area contributed by atoms with E-state index >= 15 is 0 Å². The highest BCUT2D eigenvalue weighted by Gasteiger charge is 2.53. The van der Waals surface area contributed by atoms with E-state index in [9.17, 15) is 0 Å². The SMILES string of the molecule is COc1ccc2nccc(N3C[C@@H]4[C@@H](N)[C@@H]4C3)c2n1. The van der Waals surface area contributed by atoms with Crippen LogP contribution in [-0.4, -0.2) is 36.2 Å². The van der Waals surface area contributed by atoms with E-state index in [1.807, 2.05) is 24.4 Å². The molecule has 1 saturated heterocycles. The van der Waals surface area contributed by atoms with Gasteiger partial charge >= 0.3 is 0 Å². The van der Waals surface area contributed by atoms with Crippen molar-refractivity contribution in [2.45, 2.75) is 6.04 Å². The number of hydrogen-bond donors (Lipinski definition) is 1. The second-order valence-corrected chi connectivity index (χ2v) is 5.36. The molecule has 19 heavy (non-hydrogen) atoms. The minimum atomic E-state index is 0.409. The molecular formula is C14H16N4O. The summed E-state index contributed by atoms with van der Waals surface area (Å²) in [6.07, 6.45) is 1.84. The molecule has 0 spiro atoms. The van der Waals surface area contributed by atoms with Crippen LogP contribution >= 0.6 is 0 Å². The van der Waals surface area contributed by atoms with E-state index in [4.69, 9.17) is 10.5 Å². The highest BCUT2D eigenvalue weighted by atomic mass is 16.5. The molecule has 3 heterocycles. The highest BCUT2D eigenvalue weighted by molar-refractivity contribution is 5.88. The van der Waals surface area contributed by atoms with Gasteiger partial charge < -0.3 is 15.4 Å². The Hall–Kier alpha value is -1.88. The number of hydrogen-bond acceptors (Lipinski definition) is 5. The zero-order chi connectivity index (χ0) is 13.0. The Bertz CT molecular complexity index is 632. The molecule has 0 radical (unpaired) electrons. The summed E-state index contributed by atoms with van der Waals surface area (Å²) >= 11 is 0. The van der Waals surface area contributed by atoms with Crippen molar-refractivity contribution in [1.29, 1.82) is 0 Å². The second kappa shape index (κ2) is 3.81. The summed E-state index contributed by atoms with van der Waals surface area (Å²) in [6, 6.07) is 6.24. The topological polar surface area (TPSA) is 64.3 Å². The largest absolute Gasteiger partial charge is 0.481 e. The molecule has 2 aromatic heterocycles. The molecule has 98 valence electrons. The Balaban J connectivity index is 1.77. The number of anilines is 1. The number of fused-ring (bicyclic) bond motifs is 2. The molecule has 1 aliphatic heterocycles. The van der Waals surface area contributed by atoms with E-state index in [0.29, 0.717) is 23.8 Å². The first-order valence-electron chi connectivity index (χ1n) is 6.58. The van der Waals surface area contributed by atoms with E-state index in [1.165, 1.54) is 0 Å². The Kier molecular flexibility index (Phi) is 2.20. The minimum Gasteiger partial charge on any atom is -0.481 e. The monoisotopic (exact) mass is 256 g/mol. The van der Waals surface area contributed by atoms with Crippen molar-refractivity contribution >= 4 is 16.7 Å². The fraction of sp³-hybridized carbons (Fsp3) is 0.429. The third-order valence-corrected chi connectivity index (χ3v) is 4.35. The quantitative estimate of drug-likeness (QED) is 0.869. The molecule has 5 nitrogen and oxygen atoms in total. The standard InChI is InChI=1S/C14H16N4O/c1-19-12-3-2-10-14(17-12)11(4-5-16-10)18-6-8-9(7-18)13(8)15/h2-5,8-9,13H,6-7,15H2,1H3/t8-,9+,13+. The summed E-state index contributed by atoms with van der Waals surface area (Å²) in [5, 5.41) is 0. The van der Waals surface area contributed by atoms with Crippen LogP contribution in [0.25, 0.3) is 11.0 Å². The number of ether oxygens (including phenoxy) is 1. The van der Waals surface area contributed by atoms with Crippen LogP contribution in [0.2, 0.25) is 0 Å². The predicted octanol–water partition coefficient (Wildman–Crippen LogP) is 1.03. The van der Waals surface area contributed by atoms with Crippen molar-refractivity contribution in [3.05, 3.63) is 24.4 Å². The minimum absolute atomic E-state index is 0.409.